The monoisotopic (exact) mass is 375 g/mol. The second-order valence-corrected chi connectivity index (χ2v) is 6.91. The van der Waals surface area contributed by atoms with Gasteiger partial charge in [-0.2, -0.15) is 0 Å². The molecular weight excluding hydrogens is 361 g/mol. The highest BCUT2D eigenvalue weighted by Crippen LogP contribution is 2.39. The highest BCUT2D eigenvalue weighted by Gasteiger charge is 2.30. The third-order valence-electron chi connectivity index (χ3n) is 4.65. The maximum atomic E-state index is 11.1. The van der Waals surface area contributed by atoms with Crippen LogP contribution in [0.25, 0.3) is 16.5 Å². The van der Waals surface area contributed by atoms with Crippen molar-refractivity contribution in [3.05, 3.63) is 53.0 Å². The largest absolute Gasteiger partial charge is 0.481 e. The number of carboxylic acid groups (broad SMARTS) is 1. The molecule has 3 aromatic rings. The van der Waals surface area contributed by atoms with Gasteiger partial charge in [0.1, 0.15) is 0 Å². The lowest BCUT2D eigenvalue weighted by Gasteiger charge is -2.42. The molecule has 1 saturated heterocycles. The average molecular weight is 376 g/mol. The lowest BCUT2D eigenvalue weighted by molar-refractivity contribution is -0.137. The Hall–Kier alpha value is -2.24. The van der Waals surface area contributed by atoms with Gasteiger partial charge in [0.15, 0.2) is 0 Å². The molecule has 5 nitrogen and oxygen atoms in total. The van der Waals surface area contributed by atoms with E-state index in [1.54, 1.807) is 18.6 Å². The van der Waals surface area contributed by atoms with Crippen molar-refractivity contribution in [1.29, 1.82) is 0 Å². The van der Waals surface area contributed by atoms with Crippen molar-refractivity contribution in [1.82, 2.24) is 9.55 Å². The van der Waals surface area contributed by atoms with Crippen molar-refractivity contribution >= 4 is 45.6 Å². The zero-order valence-electron chi connectivity index (χ0n) is 13.2. The number of carboxylic acids is 1. The summed E-state index contributed by atoms with van der Waals surface area (Å²) in [5.74, 6) is -0.786. The van der Waals surface area contributed by atoms with Crippen LogP contribution in [0.4, 0.5) is 5.69 Å². The Bertz CT molecular complexity index is 957. The second kappa shape index (κ2) is 6.24. The van der Waals surface area contributed by atoms with Crippen LogP contribution in [-0.4, -0.2) is 33.2 Å². The van der Waals surface area contributed by atoms with E-state index in [1.807, 2.05) is 29.0 Å². The van der Waals surface area contributed by atoms with E-state index >= 15 is 0 Å². The van der Waals surface area contributed by atoms with Gasteiger partial charge >= 0.3 is 5.97 Å². The minimum Gasteiger partial charge on any atom is -0.481 e. The maximum absolute atomic E-state index is 11.1. The van der Waals surface area contributed by atoms with Crippen LogP contribution in [0.15, 0.2) is 43.0 Å². The highest BCUT2D eigenvalue weighted by atomic mass is 35.5. The SMILES string of the molecule is O=C(O)CC1CCN1c1cc(-n2ccnc2)c2ccc(Cl)c(Cl)c2c1. The van der Waals surface area contributed by atoms with Crippen molar-refractivity contribution in [3.63, 3.8) is 0 Å². The number of aromatic nitrogens is 2. The number of hydrogen-bond acceptors (Lipinski definition) is 3. The average Bonchev–Trinajstić information content (AvgIpc) is 3.09. The van der Waals surface area contributed by atoms with E-state index in [0.29, 0.717) is 10.0 Å². The van der Waals surface area contributed by atoms with Gasteiger partial charge in [0.25, 0.3) is 0 Å². The summed E-state index contributed by atoms with van der Waals surface area (Å²) in [6.45, 7) is 0.824. The van der Waals surface area contributed by atoms with Crippen LogP contribution in [0.3, 0.4) is 0 Å². The predicted octanol–water partition coefficient (Wildman–Crippen LogP) is 4.39. The summed E-state index contributed by atoms with van der Waals surface area (Å²) < 4.78 is 1.92. The fraction of sp³-hybridized carbons (Fsp3) is 0.222. The molecule has 0 saturated carbocycles. The summed E-state index contributed by atoms with van der Waals surface area (Å²) in [7, 11) is 0. The molecule has 128 valence electrons. The Morgan fingerprint density at radius 3 is 2.76 bits per heavy atom. The Balaban J connectivity index is 1.88. The van der Waals surface area contributed by atoms with Gasteiger partial charge in [-0.15, -0.1) is 0 Å². The molecule has 1 atom stereocenters. The molecule has 1 aromatic heterocycles. The molecule has 0 bridgehead atoms. The fourth-order valence-corrected chi connectivity index (χ4v) is 3.70. The van der Waals surface area contributed by atoms with Gasteiger partial charge < -0.3 is 14.6 Å². The molecule has 1 unspecified atom stereocenters. The van der Waals surface area contributed by atoms with Crippen molar-refractivity contribution in [3.8, 4) is 5.69 Å². The summed E-state index contributed by atoms with van der Waals surface area (Å²) in [4.78, 5) is 17.3. The van der Waals surface area contributed by atoms with Crippen molar-refractivity contribution < 1.29 is 9.90 Å². The first-order valence-corrected chi connectivity index (χ1v) is 8.68. The summed E-state index contributed by atoms with van der Waals surface area (Å²) in [5.41, 5.74) is 1.88. The first-order valence-electron chi connectivity index (χ1n) is 7.93. The van der Waals surface area contributed by atoms with E-state index in [-0.39, 0.29) is 12.5 Å². The van der Waals surface area contributed by atoms with E-state index < -0.39 is 5.97 Å². The molecule has 0 amide bonds. The lowest BCUT2D eigenvalue weighted by atomic mass is 9.97. The Morgan fingerprint density at radius 1 is 1.28 bits per heavy atom. The molecule has 7 heteroatoms. The molecule has 1 aliphatic heterocycles. The number of anilines is 1. The molecule has 1 fully saturated rings. The van der Waals surface area contributed by atoms with E-state index in [4.69, 9.17) is 28.3 Å². The molecular formula is C18H15Cl2N3O2. The third-order valence-corrected chi connectivity index (χ3v) is 5.47. The third kappa shape index (κ3) is 2.83. The van der Waals surface area contributed by atoms with Crippen LogP contribution in [0, 0.1) is 0 Å². The Labute approximate surface area is 154 Å². The van der Waals surface area contributed by atoms with E-state index in [0.717, 1.165) is 35.1 Å². The molecule has 2 aromatic carbocycles. The number of benzene rings is 2. The normalized spacial score (nSPS) is 16.9. The van der Waals surface area contributed by atoms with Gasteiger partial charge in [-0.25, -0.2) is 4.98 Å². The standard InChI is InChI=1S/C18H15Cl2N3O2/c19-15-2-1-13-14(18(15)20)7-12(8-16(13)22-6-4-21-10-22)23-5-3-11(23)9-17(24)25/h1-2,4,6-8,10-11H,3,5,9H2,(H,24,25). The number of carbonyl (C=O) groups is 1. The summed E-state index contributed by atoms with van der Waals surface area (Å²) in [5, 5.41) is 11.9. The van der Waals surface area contributed by atoms with Gasteiger partial charge in [-0.1, -0.05) is 29.3 Å². The molecule has 2 heterocycles. The summed E-state index contributed by atoms with van der Waals surface area (Å²) in [6.07, 6.45) is 6.31. The van der Waals surface area contributed by atoms with Crippen LogP contribution in [0.5, 0.6) is 0 Å². The molecule has 25 heavy (non-hydrogen) atoms. The number of halogens is 2. The number of nitrogens with zero attached hydrogens (tertiary/aromatic N) is 3. The smallest absolute Gasteiger partial charge is 0.305 e. The van der Waals surface area contributed by atoms with E-state index in [9.17, 15) is 4.79 Å². The van der Waals surface area contributed by atoms with Crippen LogP contribution in [-0.2, 0) is 4.79 Å². The van der Waals surface area contributed by atoms with Crippen molar-refractivity contribution in [2.24, 2.45) is 0 Å². The Morgan fingerprint density at radius 2 is 2.12 bits per heavy atom. The van der Waals surface area contributed by atoms with Crippen LogP contribution >= 0.6 is 23.2 Å². The first kappa shape index (κ1) is 16.2. The number of rotatable bonds is 4. The number of fused-ring (bicyclic) bond motifs is 1. The minimum atomic E-state index is -0.786. The van der Waals surface area contributed by atoms with E-state index in [1.165, 1.54) is 0 Å². The minimum absolute atomic E-state index is 0.00328. The molecule has 0 spiro atoms. The summed E-state index contributed by atoms with van der Waals surface area (Å²) in [6, 6.07) is 7.75. The van der Waals surface area contributed by atoms with Crippen molar-refractivity contribution in [2.45, 2.75) is 18.9 Å². The molecule has 0 radical (unpaired) electrons. The van der Waals surface area contributed by atoms with Gasteiger partial charge in [-0.05, 0) is 24.6 Å². The molecule has 0 aliphatic carbocycles. The van der Waals surface area contributed by atoms with Gasteiger partial charge in [0.2, 0.25) is 0 Å². The van der Waals surface area contributed by atoms with Crippen LogP contribution in [0.2, 0.25) is 10.0 Å². The lowest BCUT2D eigenvalue weighted by Crippen LogP contribution is -2.48. The Kier molecular flexibility index (Phi) is 4.06. The van der Waals surface area contributed by atoms with Gasteiger partial charge in [-0.3, -0.25) is 4.79 Å². The van der Waals surface area contributed by atoms with Gasteiger partial charge in [0.05, 0.1) is 28.5 Å². The topological polar surface area (TPSA) is 58.4 Å². The molecule has 1 N–H and O–H groups in total. The number of hydrogen-bond donors (Lipinski definition) is 1. The highest BCUT2D eigenvalue weighted by molar-refractivity contribution is 6.45. The second-order valence-electron chi connectivity index (χ2n) is 6.13. The van der Waals surface area contributed by atoms with Crippen LogP contribution in [0.1, 0.15) is 12.8 Å². The quantitative estimate of drug-likeness (QED) is 0.734. The van der Waals surface area contributed by atoms with Crippen LogP contribution < -0.4 is 4.90 Å². The maximum Gasteiger partial charge on any atom is 0.305 e. The first-order chi connectivity index (χ1) is 12.0. The van der Waals surface area contributed by atoms with E-state index in [2.05, 4.69) is 9.88 Å². The number of aliphatic carboxylic acids is 1. The molecule has 4 rings (SSSR count). The summed E-state index contributed by atoms with van der Waals surface area (Å²) >= 11 is 12.6. The number of imidazole rings is 1. The predicted molar refractivity (Wildman–Crippen MR) is 99.1 cm³/mol. The zero-order valence-corrected chi connectivity index (χ0v) is 14.7. The zero-order chi connectivity index (χ0) is 17.6. The van der Waals surface area contributed by atoms with Crippen molar-refractivity contribution in [2.75, 3.05) is 11.4 Å². The fourth-order valence-electron chi connectivity index (χ4n) is 3.31. The molecule has 1 aliphatic rings. The van der Waals surface area contributed by atoms with Gasteiger partial charge in [0, 0.05) is 41.4 Å².